The van der Waals surface area contributed by atoms with Crippen molar-refractivity contribution in [2.45, 2.75) is 38.1 Å². The lowest BCUT2D eigenvalue weighted by molar-refractivity contribution is 0.486. The summed E-state index contributed by atoms with van der Waals surface area (Å²) in [6.45, 7) is 5.02. The fraction of sp³-hybridized carbons (Fsp3) is 0.571. The highest BCUT2D eigenvalue weighted by atomic mass is 127. The van der Waals surface area contributed by atoms with Crippen LogP contribution in [0.4, 0.5) is 5.82 Å². The summed E-state index contributed by atoms with van der Waals surface area (Å²) in [6.07, 6.45) is 11.1. The minimum absolute atomic E-state index is 0. The standard InChI is InChI=1S/C21H31N7.HI/c1-22-21(28-11-7-18(16-28)19-14-25-26(2)15-19)24-13-17-6-8-23-20(12-17)27-9-4-3-5-10-27;/h6,8,12,14-15,18H,3-5,7,9-11,13,16H2,1-2H3,(H,22,24);1H. The molecule has 4 rings (SSSR count). The van der Waals surface area contributed by atoms with E-state index >= 15 is 0 Å². The van der Waals surface area contributed by atoms with E-state index in [1.807, 2.05) is 31.2 Å². The van der Waals surface area contributed by atoms with Crippen LogP contribution < -0.4 is 10.2 Å². The van der Waals surface area contributed by atoms with Crippen LogP contribution in [0.5, 0.6) is 0 Å². The van der Waals surface area contributed by atoms with Gasteiger partial charge in [0.2, 0.25) is 0 Å². The lowest BCUT2D eigenvalue weighted by Crippen LogP contribution is -2.39. The Labute approximate surface area is 190 Å². The number of guanidine groups is 1. The Morgan fingerprint density at radius 1 is 1.24 bits per heavy atom. The van der Waals surface area contributed by atoms with Crippen molar-refractivity contribution in [3.05, 3.63) is 41.9 Å². The molecule has 0 saturated carbocycles. The highest BCUT2D eigenvalue weighted by Crippen LogP contribution is 2.26. The van der Waals surface area contributed by atoms with Crippen molar-refractivity contribution in [3.63, 3.8) is 0 Å². The molecule has 1 unspecified atom stereocenters. The Balaban J connectivity index is 0.00000240. The van der Waals surface area contributed by atoms with Crippen LogP contribution in [0.15, 0.2) is 35.7 Å². The number of nitrogens with one attached hydrogen (secondary N) is 1. The third-order valence-electron chi connectivity index (χ3n) is 5.84. The van der Waals surface area contributed by atoms with E-state index in [0.717, 1.165) is 50.9 Å². The minimum Gasteiger partial charge on any atom is -0.357 e. The maximum Gasteiger partial charge on any atom is 0.193 e. The lowest BCUT2D eigenvalue weighted by atomic mass is 10.0. The summed E-state index contributed by atoms with van der Waals surface area (Å²) >= 11 is 0. The number of hydrogen-bond donors (Lipinski definition) is 1. The molecule has 8 heteroatoms. The summed E-state index contributed by atoms with van der Waals surface area (Å²) in [5.74, 6) is 2.61. The van der Waals surface area contributed by atoms with Crippen molar-refractivity contribution >= 4 is 35.8 Å². The number of pyridine rings is 1. The van der Waals surface area contributed by atoms with Gasteiger partial charge in [0.15, 0.2) is 5.96 Å². The van der Waals surface area contributed by atoms with E-state index in [4.69, 9.17) is 0 Å². The van der Waals surface area contributed by atoms with E-state index in [1.54, 1.807) is 0 Å². The molecule has 2 fully saturated rings. The Hall–Kier alpha value is -1.84. The van der Waals surface area contributed by atoms with Crippen molar-refractivity contribution in [1.82, 2.24) is 25.0 Å². The van der Waals surface area contributed by atoms with Crippen molar-refractivity contribution in [2.75, 3.05) is 38.1 Å². The molecule has 0 bridgehead atoms. The molecule has 7 nitrogen and oxygen atoms in total. The molecule has 2 aliphatic heterocycles. The molecular weight excluding hydrogens is 477 g/mol. The molecule has 158 valence electrons. The molecule has 1 N–H and O–H groups in total. The Bertz CT molecular complexity index is 813. The first-order valence-electron chi connectivity index (χ1n) is 10.4. The summed E-state index contributed by atoms with van der Waals surface area (Å²) in [5.41, 5.74) is 2.57. The van der Waals surface area contributed by atoms with Crippen LogP contribution in [0.25, 0.3) is 0 Å². The molecule has 0 aliphatic carbocycles. The average Bonchev–Trinajstić information content (AvgIpc) is 3.39. The maximum atomic E-state index is 4.58. The number of aryl methyl sites for hydroxylation is 1. The number of aliphatic imine (C=N–C) groups is 1. The summed E-state index contributed by atoms with van der Waals surface area (Å²) in [7, 11) is 3.84. The van der Waals surface area contributed by atoms with Gasteiger partial charge in [-0.15, -0.1) is 24.0 Å². The average molecular weight is 509 g/mol. The van der Waals surface area contributed by atoms with Crippen molar-refractivity contribution in [1.29, 1.82) is 0 Å². The quantitative estimate of drug-likeness (QED) is 0.390. The van der Waals surface area contributed by atoms with Gasteiger partial charge >= 0.3 is 0 Å². The Morgan fingerprint density at radius 2 is 2.07 bits per heavy atom. The largest absolute Gasteiger partial charge is 0.357 e. The predicted octanol–water partition coefficient (Wildman–Crippen LogP) is 2.99. The second-order valence-corrected chi connectivity index (χ2v) is 7.85. The van der Waals surface area contributed by atoms with Gasteiger partial charge in [0.1, 0.15) is 5.82 Å². The highest BCUT2D eigenvalue weighted by molar-refractivity contribution is 14.0. The van der Waals surface area contributed by atoms with Gasteiger partial charge in [0.05, 0.1) is 6.20 Å². The van der Waals surface area contributed by atoms with Crippen LogP contribution >= 0.6 is 24.0 Å². The molecule has 0 radical (unpaired) electrons. The van der Waals surface area contributed by atoms with Crippen molar-refractivity contribution < 1.29 is 0 Å². The second-order valence-electron chi connectivity index (χ2n) is 7.85. The molecule has 4 heterocycles. The summed E-state index contributed by atoms with van der Waals surface area (Å²) in [6, 6.07) is 4.31. The van der Waals surface area contributed by atoms with Crippen LogP contribution in [0.1, 0.15) is 42.7 Å². The van der Waals surface area contributed by atoms with Crippen molar-refractivity contribution in [2.24, 2.45) is 12.0 Å². The summed E-state index contributed by atoms with van der Waals surface area (Å²) < 4.78 is 1.88. The van der Waals surface area contributed by atoms with E-state index in [0.29, 0.717) is 5.92 Å². The number of halogens is 1. The van der Waals surface area contributed by atoms with E-state index in [-0.39, 0.29) is 24.0 Å². The van der Waals surface area contributed by atoms with Gasteiger partial charge in [-0.3, -0.25) is 9.67 Å². The van der Waals surface area contributed by atoms with Crippen LogP contribution in [0, 0.1) is 0 Å². The van der Waals surface area contributed by atoms with Gasteiger partial charge in [-0.2, -0.15) is 5.10 Å². The first-order valence-corrected chi connectivity index (χ1v) is 10.4. The molecule has 2 aromatic rings. The summed E-state index contributed by atoms with van der Waals surface area (Å²) in [5, 5.41) is 7.86. The van der Waals surface area contributed by atoms with Crippen LogP contribution in [0.3, 0.4) is 0 Å². The molecule has 2 aromatic heterocycles. The Morgan fingerprint density at radius 3 is 2.79 bits per heavy atom. The summed E-state index contributed by atoms with van der Waals surface area (Å²) in [4.78, 5) is 13.9. The number of nitrogens with zero attached hydrogens (tertiary/aromatic N) is 6. The molecule has 0 amide bonds. The first-order chi connectivity index (χ1) is 13.7. The lowest BCUT2D eigenvalue weighted by Gasteiger charge is -2.28. The molecular formula is C21H32IN7. The molecule has 2 aliphatic rings. The fourth-order valence-electron chi connectivity index (χ4n) is 4.26. The van der Waals surface area contributed by atoms with Gasteiger partial charge in [0, 0.05) is 65.1 Å². The smallest absolute Gasteiger partial charge is 0.193 e. The van der Waals surface area contributed by atoms with Gasteiger partial charge in [-0.1, -0.05) is 0 Å². The zero-order valence-electron chi connectivity index (χ0n) is 17.4. The van der Waals surface area contributed by atoms with E-state index in [2.05, 4.69) is 48.5 Å². The topological polar surface area (TPSA) is 61.6 Å². The van der Waals surface area contributed by atoms with Crippen LogP contribution in [-0.2, 0) is 13.6 Å². The number of anilines is 1. The predicted molar refractivity (Wildman–Crippen MR) is 128 cm³/mol. The normalized spacial score (nSPS) is 19.9. The van der Waals surface area contributed by atoms with Crippen LogP contribution in [0.2, 0.25) is 0 Å². The second kappa shape index (κ2) is 10.3. The number of rotatable bonds is 4. The molecule has 2 saturated heterocycles. The third kappa shape index (κ3) is 5.40. The third-order valence-corrected chi connectivity index (χ3v) is 5.84. The SMILES string of the molecule is CN=C(NCc1ccnc(N2CCCCC2)c1)N1CCC(c2cnn(C)c2)C1.I. The van der Waals surface area contributed by atoms with Gasteiger partial charge < -0.3 is 15.1 Å². The Kier molecular flexibility index (Phi) is 7.74. The first kappa shape index (κ1) is 21.9. The van der Waals surface area contributed by atoms with Gasteiger partial charge in [-0.05, 0) is 48.9 Å². The molecule has 0 spiro atoms. The maximum absolute atomic E-state index is 4.58. The van der Waals surface area contributed by atoms with Gasteiger partial charge in [0.25, 0.3) is 0 Å². The monoisotopic (exact) mass is 509 g/mol. The molecule has 1 atom stereocenters. The van der Waals surface area contributed by atoms with E-state index < -0.39 is 0 Å². The number of hydrogen-bond acceptors (Lipinski definition) is 4. The van der Waals surface area contributed by atoms with Crippen LogP contribution in [-0.4, -0.2) is 58.9 Å². The minimum atomic E-state index is 0. The highest BCUT2D eigenvalue weighted by Gasteiger charge is 2.26. The molecule has 29 heavy (non-hydrogen) atoms. The van der Waals surface area contributed by atoms with E-state index in [1.165, 1.54) is 30.4 Å². The zero-order chi connectivity index (χ0) is 19.3. The fourth-order valence-corrected chi connectivity index (χ4v) is 4.26. The molecule has 0 aromatic carbocycles. The number of aromatic nitrogens is 3. The van der Waals surface area contributed by atoms with E-state index in [9.17, 15) is 0 Å². The number of piperidine rings is 1. The zero-order valence-corrected chi connectivity index (χ0v) is 19.7. The van der Waals surface area contributed by atoms with Crippen molar-refractivity contribution in [3.8, 4) is 0 Å². The number of likely N-dealkylation sites (tertiary alicyclic amines) is 1. The van der Waals surface area contributed by atoms with Gasteiger partial charge in [-0.25, -0.2) is 4.98 Å².